The van der Waals surface area contributed by atoms with Crippen molar-refractivity contribution in [2.24, 2.45) is 0 Å². The molecule has 1 aromatic heterocycles. The highest BCUT2D eigenvalue weighted by atomic mass is 16.2. The Morgan fingerprint density at radius 3 is 2.50 bits per heavy atom. The van der Waals surface area contributed by atoms with Gasteiger partial charge in [0.25, 0.3) is 0 Å². The van der Waals surface area contributed by atoms with Crippen LogP contribution >= 0.6 is 0 Å². The van der Waals surface area contributed by atoms with Gasteiger partial charge in [-0.15, -0.1) is 0 Å². The first-order valence-electron chi connectivity index (χ1n) is 7.40. The molecule has 3 aromatic rings. The normalized spacial score (nSPS) is 10.6. The number of anilines is 2. The zero-order valence-electron chi connectivity index (χ0n) is 12.8. The first-order chi connectivity index (χ1) is 10.7. The number of para-hydroxylation sites is 1. The van der Waals surface area contributed by atoms with Crippen LogP contribution in [0.15, 0.2) is 54.7 Å². The topological polar surface area (TPSA) is 46.1 Å². The molecule has 2 amide bonds. The van der Waals surface area contributed by atoms with E-state index in [2.05, 4.69) is 28.2 Å². The molecule has 0 atom stereocenters. The van der Waals surface area contributed by atoms with Gasteiger partial charge in [0.2, 0.25) is 0 Å². The molecule has 0 bridgehead atoms. The second-order valence-corrected chi connectivity index (χ2v) is 5.29. The van der Waals surface area contributed by atoms with E-state index in [9.17, 15) is 4.79 Å². The fourth-order valence-electron chi connectivity index (χ4n) is 2.53. The molecule has 0 fully saturated rings. The molecule has 0 radical (unpaired) electrons. The van der Waals surface area contributed by atoms with Crippen LogP contribution in [-0.4, -0.2) is 10.6 Å². The van der Waals surface area contributed by atoms with E-state index in [0.29, 0.717) is 0 Å². The lowest BCUT2D eigenvalue weighted by Crippen LogP contribution is -2.19. The van der Waals surface area contributed by atoms with Crippen LogP contribution in [0.2, 0.25) is 0 Å². The maximum absolute atomic E-state index is 12.2. The van der Waals surface area contributed by atoms with Crippen molar-refractivity contribution >= 4 is 28.3 Å². The van der Waals surface area contributed by atoms with E-state index in [0.717, 1.165) is 34.4 Å². The minimum Gasteiger partial charge on any atom is -0.346 e. The summed E-state index contributed by atoms with van der Waals surface area (Å²) in [5, 5.41) is 6.83. The zero-order chi connectivity index (χ0) is 15.5. The van der Waals surface area contributed by atoms with Crippen molar-refractivity contribution in [3.63, 3.8) is 0 Å². The fourth-order valence-corrected chi connectivity index (χ4v) is 2.53. The number of hydrogen-bond acceptors (Lipinski definition) is 1. The number of benzene rings is 2. The van der Waals surface area contributed by atoms with Gasteiger partial charge in [0.05, 0.1) is 11.2 Å². The number of nitrogens with zero attached hydrogens (tertiary/aromatic N) is 1. The summed E-state index contributed by atoms with van der Waals surface area (Å²) in [5.41, 5.74) is 3.89. The number of aryl methyl sites for hydroxylation is 2. The lowest BCUT2D eigenvalue weighted by atomic mass is 10.2. The zero-order valence-corrected chi connectivity index (χ0v) is 12.8. The van der Waals surface area contributed by atoms with Crippen LogP contribution in [0.25, 0.3) is 10.9 Å². The first kappa shape index (κ1) is 14.2. The van der Waals surface area contributed by atoms with Crippen LogP contribution < -0.4 is 10.6 Å². The number of carbonyl (C=O) groups is 1. The van der Waals surface area contributed by atoms with E-state index >= 15 is 0 Å². The van der Waals surface area contributed by atoms with E-state index in [4.69, 9.17) is 0 Å². The van der Waals surface area contributed by atoms with Crippen molar-refractivity contribution in [3.05, 3.63) is 60.3 Å². The Bertz CT molecular complexity index is 803. The van der Waals surface area contributed by atoms with Gasteiger partial charge in [-0.05, 0) is 32.0 Å². The van der Waals surface area contributed by atoms with Gasteiger partial charge in [0, 0.05) is 23.8 Å². The highest BCUT2D eigenvalue weighted by Gasteiger charge is 2.10. The SMILES string of the molecule is CCn1cc(NC(=O)Nc2ccc(C)cc2)c2ccccc21. The summed E-state index contributed by atoms with van der Waals surface area (Å²) in [4.78, 5) is 12.2. The van der Waals surface area contributed by atoms with E-state index in [1.807, 2.05) is 55.6 Å². The Labute approximate surface area is 129 Å². The molecule has 2 aromatic carbocycles. The fraction of sp³-hybridized carbons (Fsp3) is 0.167. The third-order valence-electron chi connectivity index (χ3n) is 3.69. The molecule has 1 heterocycles. The van der Waals surface area contributed by atoms with Crippen LogP contribution in [-0.2, 0) is 6.54 Å². The third-order valence-corrected chi connectivity index (χ3v) is 3.69. The second kappa shape index (κ2) is 5.93. The van der Waals surface area contributed by atoms with Gasteiger partial charge in [-0.25, -0.2) is 4.79 Å². The molecule has 0 aliphatic carbocycles. The van der Waals surface area contributed by atoms with Crippen LogP contribution in [0, 0.1) is 6.92 Å². The number of aromatic nitrogens is 1. The number of fused-ring (bicyclic) bond motifs is 1. The van der Waals surface area contributed by atoms with Crippen molar-refractivity contribution in [3.8, 4) is 0 Å². The molecule has 0 saturated heterocycles. The summed E-state index contributed by atoms with van der Waals surface area (Å²) in [6.07, 6.45) is 1.97. The van der Waals surface area contributed by atoms with E-state index < -0.39 is 0 Å². The minimum absolute atomic E-state index is 0.233. The molecule has 3 rings (SSSR count). The Morgan fingerprint density at radius 2 is 1.77 bits per heavy atom. The summed E-state index contributed by atoms with van der Waals surface area (Å²) < 4.78 is 2.12. The van der Waals surface area contributed by atoms with Crippen LogP contribution in [0.3, 0.4) is 0 Å². The van der Waals surface area contributed by atoms with Gasteiger partial charge in [0.1, 0.15) is 0 Å². The molecule has 4 nitrogen and oxygen atoms in total. The van der Waals surface area contributed by atoms with Crippen LogP contribution in [0.4, 0.5) is 16.2 Å². The molecule has 0 spiro atoms. The molecular formula is C18H19N3O. The Kier molecular flexibility index (Phi) is 3.83. The monoisotopic (exact) mass is 293 g/mol. The summed E-state index contributed by atoms with van der Waals surface area (Å²) in [5.74, 6) is 0. The standard InChI is InChI=1S/C18H19N3O/c1-3-21-12-16(15-6-4-5-7-17(15)21)20-18(22)19-14-10-8-13(2)9-11-14/h4-12H,3H2,1-2H3,(H2,19,20,22). The van der Waals surface area contributed by atoms with Crippen molar-refractivity contribution < 1.29 is 4.79 Å². The van der Waals surface area contributed by atoms with E-state index in [1.165, 1.54) is 0 Å². The molecule has 0 aliphatic rings. The van der Waals surface area contributed by atoms with Gasteiger partial charge < -0.3 is 15.2 Å². The van der Waals surface area contributed by atoms with Crippen LogP contribution in [0.1, 0.15) is 12.5 Å². The summed E-state index contributed by atoms with van der Waals surface area (Å²) in [7, 11) is 0. The van der Waals surface area contributed by atoms with Crippen molar-refractivity contribution in [2.75, 3.05) is 10.6 Å². The average molecular weight is 293 g/mol. The first-order valence-corrected chi connectivity index (χ1v) is 7.40. The Balaban J connectivity index is 1.80. The maximum atomic E-state index is 12.2. The summed E-state index contributed by atoms with van der Waals surface area (Å²) in [6.45, 7) is 4.97. The minimum atomic E-state index is -0.233. The summed E-state index contributed by atoms with van der Waals surface area (Å²) >= 11 is 0. The molecule has 2 N–H and O–H groups in total. The maximum Gasteiger partial charge on any atom is 0.323 e. The van der Waals surface area contributed by atoms with Crippen molar-refractivity contribution in [1.29, 1.82) is 0 Å². The predicted octanol–water partition coefficient (Wildman–Crippen LogP) is 4.61. The third kappa shape index (κ3) is 2.81. The van der Waals surface area contributed by atoms with Gasteiger partial charge in [-0.3, -0.25) is 0 Å². The lowest BCUT2D eigenvalue weighted by Gasteiger charge is -2.07. The summed E-state index contributed by atoms with van der Waals surface area (Å²) in [6, 6.07) is 15.6. The molecule has 0 aliphatic heterocycles. The number of amides is 2. The number of hydrogen-bond donors (Lipinski definition) is 2. The molecule has 0 saturated carbocycles. The van der Waals surface area contributed by atoms with E-state index in [-0.39, 0.29) is 6.03 Å². The van der Waals surface area contributed by atoms with Gasteiger partial charge in [-0.1, -0.05) is 35.9 Å². The van der Waals surface area contributed by atoms with Gasteiger partial charge in [0.15, 0.2) is 0 Å². The quantitative estimate of drug-likeness (QED) is 0.727. The highest BCUT2D eigenvalue weighted by molar-refractivity contribution is 6.06. The van der Waals surface area contributed by atoms with Gasteiger partial charge >= 0.3 is 6.03 Å². The van der Waals surface area contributed by atoms with Crippen molar-refractivity contribution in [2.45, 2.75) is 20.4 Å². The Morgan fingerprint density at radius 1 is 1.05 bits per heavy atom. The molecule has 0 unspecified atom stereocenters. The lowest BCUT2D eigenvalue weighted by molar-refractivity contribution is 0.262. The van der Waals surface area contributed by atoms with Crippen molar-refractivity contribution in [1.82, 2.24) is 4.57 Å². The number of nitrogens with one attached hydrogen (secondary N) is 2. The highest BCUT2D eigenvalue weighted by Crippen LogP contribution is 2.26. The smallest absolute Gasteiger partial charge is 0.323 e. The molecule has 4 heteroatoms. The Hall–Kier alpha value is -2.75. The van der Waals surface area contributed by atoms with Crippen LogP contribution in [0.5, 0.6) is 0 Å². The molecule has 112 valence electrons. The average Bonchev–Trinajstić information content (AvgIpc) is 2.88. The second-order valence-electron chi connectivity index (χ2n) is 5.29. The van der Waals surface area contributed by atoms with Gasteiger partial charge in [-0.2, -0.15) is 0 Å². The number of carbonyl (C=O) groups excluding carboxylic acids is 1. The predicted molar refractivity (Wildman–Crippen MR) is 91.4 cm³/mol. The van der Waals surface area contributed by atoms with E-state index in [1.54, 1.807) is 0 Å². The largest absolute Gasteiger partial charge is 0.346 e. The molecular weight excluding hydrogens is 274 g/mol. The number of rotatable bonds is 3. The number of urea groups is 1. The molecule has 22 heavy (non-hydrogen) atoms.